The molecule has 9 heteroatoms. The van der Waals surface area contributed by atoms with E-state index in [4.69, 9.17) is 4.74 Å². The van der Waals surface area contributed by atoms with Gasteiger partial charge in [-0.15, -0.1) is 11.3 Å². The van der Waals surface area contributed by atoms with Crippen LogP contribution < -0.4 is 10.6 Å². The molecule has 2 N–H and O–H groups in total. The molecule has 2 aliphatic rings. The van der Waals surface area contributed by atoms with Crippen LogP contribution in [0.4, 0.5) is 9.93 Å². The standard InChI is InChI=1S/C17H20N4O3S2/c22-15(13-4-1-7-24-13)20-16-19-12-5-6-21(10-14(12)26-16)17(23)18-9-11-3-2-8-25-11/h2-3,8,13H,1,4-7,9-10H2,(H,18,23)(H,19,20,22). The first kappa shape index (κ1) is 17.4. The molecule has 0 aliphatic carbocycles. The molecule has 2 aliphatic heterocycles. The lowest BCUT2D eigenvalue weighted by Gasteiger charge is -2.26. The molecule has 0 spiro atoms. The molecule has 1 fully saturated rings. The highest BCUT2D eigenvalue weighted by atomic mass is 32.1. The minimum Gasteiger partial charge on any atom is -0.368 e. The van der Waals surface area contributed by atoms with Crippen LogP contribution in [0.25, 0.3) is 0 Å². The van der Waals surface area contributed by atoms with E-state index < -0.39 is 0 Å². The second-order valence-electron chi connectivity index (χ2n) is 6.29. The Morgan fingerprint density at radius 2 is 2.35 bits per heavy atom. The summed E-state index contributed by atoms with van der Waals surface area (Å²) < 4.78 is 5.40. The molecule has 0 saturated carbocycles. The highest BCUT2D eigenvalue weighted by Gasteiger charge is 2.27. The van der Waals surface area contributed by atoms with E-state index in [1.807, 2.05) is 17.5 Å². The number of thiazole rings is 1. The van der Waals surface area contributed by atoms with Crippen molar-refractivity contribution >= 4 is 39.7 Å². The Balaban J connectivity index is 1.34. The van der Waals surface area contributed by atoms with E-state index in [1.165, 1.54) is 11.3 Å². The summed E-state index contributed by atoms with van der Waals surface area (Å²) in [5.41, 5.74) is 0.972. The summed E-state index contributed by atoms with van der Waals surface area (Å²) in [6.45, 7) is 2.35. The van der Waals surface area contributed by atoms with Gasteiger partial charge in [-0.05, 0) is 24.3 Å². The fraction of sp³-hybridized carbons (Fsp3) is 0.471. The molecule has 2 aromatic heterocycles. The van der Waals surface area contributed by atoms with Crippen LogP contribution in [-0.4, -0.2) is 41.1 Å². The molecule has 4 heterocycles. The van der Waals surface area contributed by atoms with E-state index in [0.29, 0.717) is 37.8 Å². The first-order valence-corrected chi connectivity index (χ1v) is 10.3. The average Bonchev–Trinajstić information content (AvgIpc) is 3.39. The second-order valence-corrected chi connectivity index (χ2v) is 8.41. The average molecular weight is 393 g/mol. The Morgan fingerprint density at radius 3 is 3.12 bits per heavy atom. The van der Waals surface area contributed by atoms with Gasteiger partial charge in [0.25, 0.3) is 5.91 Å². The van der Waals surface area contributed by atoms with Gasteiger partial charge in [0, 0.05) is 29.3 Å². The number of amides is 3. The van der Waals surface area contributed by atoms with Crippen LogP contribution in [-0.2, 0) is 29.0 Å². The number of thiophene rings is 1. The fourth-order valence-electron chi connectivity index (χ4n) is 3.08. The largest absolute Gasteiger partial charge is 0.368 e. The van der Waals surface area contributed by atoms with Crippen molar-refractivity contribution in [3.8, 4) is 0 Å². The van der Waals surface area contributed by atoms with Crippen molar-refractivity contribution < 1.29 is 14.3 Å². The normalized spacial score (nSPS) is 19.2. The summed E-state index contributed by atoms with van der Waals surface area (Å²) in [7, 11) is 0. The molecule has 0 aromatic carbocycles. The van der Waals surface area contributed by atoms with Crippen LogP contribution in [0.1, 0.15) is 28.3 Å². The zero-order valence-corrected chi connectivity index (χ0v) is 15.8. The smallest absolute Gasteiger partial charge is 0.318 e. The van der Waals surface area contributed by atoms with Gasteiger partial charge < -0.3 is 15.0 Å². The van der Waals surface area contributed by atoms with Crippen molar-refractivity contribution in [2.75, 3.05) is 18.5 Å². The van der Waals surface area contributed by atoms with Crippen LogP contribution in [0.5, 0.6) is 0 Å². The molecule has 0 bridgehead atoms. The van der Waals surface area contributed by atoms with E-state index in [2.05, 4.69) is 15.6 Å². The van der Waals surface area contributed by atoms with E-state index in [0.717, 1.165) is 28.3 Å². The summed E-state index contributed by atoms with van der Waals surface area (Å²) in [5.74, 6) is -0.126. The lowest BCUT2D eigenvalue weighted by molar-refractivity contribution is -0.124. The number of fused-ring (bicyclic) bond motifs is 1. The third-order valence-electron chi connectivity index (χ3n) is 4.46. The number of rotatable bonds is 4. The number of hydrogen-bond donors (Lipinski definition) is 2. The molecule has 1 atom stereocenters. The number of urea groups is 1. The Hall–Kier alpha value is -1.97. The highest BCUT2D eigenvalue weighted by molar-refractivity contribution is 7.15. The first-order valence-electron chi connectivity index (χ1n) is 8.65. The minimum atomic E-state index is -0.365. The maximum atomic E-state index is 12.4. The number of carbonyl (C=O) groups excluding carboxylic acids is 2. The predicted molar refractivity (Wildman–Crippen MR) is 100 cm³/mol. The number of hydrogen-bond acceptors (Lipinski definition) is 6. The van der Waals surface area contributed by atoms with Crippen LogP contribution in [0.3, 0.4) is 0 Å². The molecule has 138 valence electrons. The number of aromatic nitrogens is 1. The molecule has 1 unspecified atom stereocenters. The third-order valence-corrected chi connectivity index (χ3v) is 6.34. The van der Waals surface area contributed by atoms with Gasteiger partial charge in [-0.3, -0.25) is 10.1 Å². The van der Waals surface area contributed by atoms with Crippen molar-refractivity contribution in [2.45, 2.75) is 38.5 Å². The van der Waals surface area contributed by atoms with Gasteiger partial charge in [0.2, 0.25) is 0 Å². The van der Waals surface area contributed by atoms with Gasteiger partial charge in [0.15, 0.2) is 5.13 Å². The lowest BCUT2D eigenvalue weighted by Crippen LogP contribution is -2.42. The van der Waals surface area contributed by atoms with Gasteiger partial charge in [-0.2, -0.15) is 0 Å². The zero-order chi connectivity index (χ0) is 17.9. The number of nitrogens with zero attached hydrogens (tertiary/aromatic N) is 2. The van der Waals surface area contributed by atoms with Crippen molar-refractivity contribution in [1.29, 1.82) is 0 Å². The Morgan fingerprint density at radius 1 is 1.42 bits per heavy atom. The number of carbonyl (C=O) groups is 2. The van der Waals surface area contributed by atoms with E-state index >= 15 is 0 Å². The van der Waals surface area contributed by atoms with E-state index in [9.17, 15) is 9.59 Å². The SMILES string of the molecule is O=C(Nc1nc2c(s1)CN(C(=O)NCc1cccs1)CC2)C1CCCO1. The topological polar surface area (TPSA) is 83.6 Å². The van der Waals surface area contributed by atoms with Crippen molar-refractivity contribution in [1.82, 2.24) is 15.2 Å². The van der Waals surface area contributed by atoms with Gasteiger partial charge >= 0.3 is 6.03 Å². The fourth-order valence-corrected chi connectivity index (χ4v) is 4.75. The summed E-state index contributed by atoms with van der Waals surface area (Å²) >= 11 is 3.07. The quantitative estimate of drug-likeness (QED) is 0.838. The number of ether oxygens (including phenoxy) is 1. The molecule has 3 amide bonds. The minimum absolute atomic E-state index is 0.0672. The summed E-state index contributed by atoms with van der Waals surface area (Å²) in [6.07, 6.45) is 2.01. The maximum absolute atomic E-state index is 12.4. The Bertz CT molecular complexity index is 784. The summed E-state index contributed by atoms with van der Waals surface area (Å²) in [6, 6.07) is 3.91. The summed E-state index contributed by atoms with van der Waals surface area (Å²) in [4.78, 5) is 33.0. The van der Waals surface area contributed by atoms with Crippen LogP contribution in [0, 0.1) is 0 Å². The van der Waals surface area contributed by atoms with Crippen molar-refractivity contribution in [3.63, 3.8) is 0 Å². The van der Waals surface area contributed by atoms with Crippen molar-refractivity contribution in [3.05, 3.63) is 33.0 Å². The van der Waals surface area contributed by atoms with Gasteiger partial charge in [0.05, 0.1) is 18.8 Å². The van der Waals surface area contributed by atoms with Crippen LogP contribution in [0.15, 0.2) is 17.5 Å². The summed E-state index contributed by atoms with van der Waals surface area (Å²) in [5, 5.41) is 8.40. The molecule has 4 rings (SSSR count). The highest BCUT2D eigenvalue weighted by Crippen LogP contribution is 2.29. The molecule has 26 heavy (non-hydrogen) atoms. The maximum Gasteiger partial charge on any atom is 0.318 e. The van der Waals surface area contributed by atoms with Crippen molar-refractivity contribution in [2.24, 2.45) is 0 Å². The van der Waals surface area contributed by atoms with Gasteiger partial charge in [0.1, 0.15) is 6.10 Å². The Kier molecular flexibility index (Phi) is 5.18. The third kappa shape index (κ3) is 3.89. The molecular formula is C17H20N4O3S2. The predicted octanol–water partition coefficient (Wildman–Crippen LogP) is 2.59. The zero-order valence-electron chi connectivity index (χ0n) is 14.2. The molecule has 0 radical (unpaired) electrons. The van der Waals surface area contributed by atoms with E-state index in [-0.39, 0.29) is 18.0 Å². The van der Waals surface area contributed by atoms with Crippen LogP contribution in [0.2, 0.25) is 0 Å². The van der Waals surface area contributed by atoms with Gasteiger partial charge in [-0.1, -0.05) is 17.4 Å². The number of anilines is 1. The van der Waals surface area contributed by atoms with Gasteiger partial charge in [-0.25, -0.2) is 9.78 Å². The first-order chi connectivity index (χ1) is 12.7. The molecule has 2 aromatic rings. The number of nitrogens with one attached hydrogen (secondary N) is 2. The van der Waals surface area contributed by atoms with E-state index in [1.54, 1.807) is 16.2 Å². The monoisotopic (exact) mass is 392 g/mol. The lowest BCUT2D eigenvalue weighted by atomic mass is 10.2. The second kappa shape index (κ2) is 7.73. The molecule has 7 nitrogen and oxygen atoms in total. The Labute approximate surface area is 159 Å². The molecular weight excluding hydrogens is 372 g/mol. The van der Waals surface area contributed by atoms with Crippen LogP contribution >= 0.6 is 22.7 Å². The molecule has 1 saturated heterocycles.